The van der Waals surface area contributed by atoms with Crippen LogP contribution in [0.2, 0.25) is 10.0 Å². The molecule has 0 spiro atoms. The van der Waals surface area contributed by atoms with E-state index >= 15 is 0 Å². The minimum Gasteiger partial charge on any atom is -0.309 e. The molecule has 2 nitrogen and oxygen atoms in total. The van der Waals surface area contributed by atoms with Crippen LogP contribution in [0.25, 0.3) is 0 Å². The van der Waals surface area contributed by atoms with Gasteiger partial charge in [0.15, 0.2) is 0 Å². The molecule has 1 unspecified atom stereocenters. The lowest BCUT2D eigenvalue weighted by atomic mass is 10.1. The second-order valence-corrected chi connectivity index (χ2v) is 5.30. The van der Waals surface area contributed by atoms with Crippen LogP contribution in [0.3, 0.4) is 0 Å². The van der Waals surface area contributed by atoms with Crippen molar-refractivity contribution in [3.05, 3.63) is 33.6 Å². The van der Waals surface area contributed by atoms with Crippen LogP contribution in [0.5, 0.6) is 0 Å². The van der Waals surface area contributed by atoms with Crippen molar-refractivity contribution in [2.45, 2.75) is 26.8 Å². The molecule has 0 saturated heterocycles. The average Bonchev–Trinajstić information content (AvgIpc) is 2.38. The topological polar surface area (TPSA) is 15.3 Å². The minimum absolute atomic E-state index is 0.00479. The van der Waals surface area contributed by atoms with Crippen LogP contribution in [-0.2, 0) is 0 Å². The Labute approximate surface area is 124 Å². The molecule has 0 aliphatic rings. The highest BCUT2D eigenvalue weighted by Crippen LogP contribution is 2.28. The number of nitrogens with one attached hydrogen (secondary N) is 1. The van der Waals surface area contributed by atoms with Crippen LogP contribution in [0, 0.1) is 5.82 Å². The van der Waals surface area contributed by atoms with Crippen molar-refractivity contribution in [1.29, 1.82) is 0 Å². The van der Waals surface area contributed by atoms with E-state index in [2.05, 4.69) is 24.1 Å². The maximum atomic E-state index is 13.5. The summed E-state index contributed by atoms with van der Waals surface area (Å²) >= 11 is 11.8. The lowest BCUT2D eigenvalue weighted by molar-refractivity contribution is 0.298. The van der Waals surface area contributed by atoms with Crippen LogP contribution < -0.4 is 5.32 Å². The summed E-state index contributed by atoms with van der Waals surface area (Å²) in [6.07, 6.45) is 0. The van der Waals surface area contributed by atoms with Gasteiger partial charge in [0.1, 0.15) is 5.82 Å². The third-order valence-electron chi connectivity index (χ3n) is 3.28. The molecular weight excluding hydrogens is 286 g/mol. The lowest BCUT2D eigenvalue weighted by Gasteiger charge is -2.21. The number of nitrogens with zero attached hydrogens (tertiary/aromatic N) is 1. The van der Waals surface area contributed by atoms with E-state index in [1.54, 1.807) is 0 Å². The largest absolute Gasteiger partial charge is 0.309 e. The lowest BCUT2D eigenvalue weighted by Crippen LogP contribution is -2.33. The van der Waals surface area contributed by atoms with E-state index in [-0.39, 0.29) is 11.1 Å². The van der Waals surface area contributed by atoms with Gasteiger partial charge in [0.05, 0.1) is 5.02 Å². The van der Waals surface area contributed by atoms with Gasteiger partial charge in [-0.3, -0.25) is 0 Å². The fourth-order valence-electron chi connectivity index (χ4n) is 1.96. The van der Waals surface area contributed by atoms with Gasteiger partial charge < -0.3 is 10.2 Å². The normalized spacial score (nSPS) is 13.0. The zero-order valence-corrected chi connectivity index (χ0v) is 13.2. The van der Waals surface area contributed by atoms with Crippen molar-refractivity contribution in [1.82, 2.24) is 10.2 Å². The zero-order valence-electron chi connectivity index (χ0n) is 11.6. The smallest absolute Gasteiger partial charge is 0.142 e. The van der Waals surface area contributed by atoms with Gasteiger partial charge >= 0.3 is 0 Å². The third kappa shape index (κ3) is 4.92. The Morgan fingerprint density at radius 3 is 2.42 bits per heavy atom. The van der Waals surface area contributed by atoms with Crippen LogP contribution >= 0.6 is 23.2 Å². The highest BCUT2D eigenvalue weighted by atomic mass is 35.5. The van der Waals surface area contributed by atoms with Crippen molar-refractivity contribution in [2.24, 2.45) is 0 Å². The standard InChI is InChI=1S/C14H21Cl2FN2/c1-4-19(5-2)7-6-18-10(3)11-8-14(17)13(16)9-12(11)15/h8-10,18H,4-7H2,1-3H3. The number of likely N-dealkylation sites (N-methyl/N-ethyl adjacent to an activating group) is 1. The molecule has 0 aliphatic heterocycles. The molecule has 0 saturated carbocycles. The zero-order chi connectivity index (χ0) is 14.4. The van der Waals surface area contributed by atoms with E-state index in [0.29, 0.717) is 5.02 Å². The first-order valence-corrected chi connectivity index (χ1v) is 7.35. The molecule has 0 fully saturated rings. The van der Waals surface area contributed by atoms with Gasteiger partial charge in [-0.1, -0.05) is 37.0 Å². The molecule has 108 valence electrons. The van der Waals surface area contributed by atoms with Gasteiger partial charge in [-0.05, 0) is 37.7 Å². The Morgan fingerprint density at radius 2 is 1.84 bits per heavy atom. The summed E-state index contributed by atoms with van der Waals surface area (Å²) in [6.45, 7) is 10.1. The first-order chi connectivity index (χ1) is 8.99. The number of halogens is 3. The number of hydrogen-bond acceptors (Lipinski definition) is 2. The molecule has 1 N–H and O–H groups in total. The van der Waals surface area contributed by atoms with Crippen LogP contribution in [0.1, 0.15) is 32.4 Å². The maximum Gasteiger partial charge on any atom is 0.142 e. The molecule has 1 rings (SSSR count). The quantitative estimate of drug-likeness (QED) is 0.762. The summed E-state index contributed by atoms with van der Waals surface area (Å²) in [5.41, 5.74) is 0.739. The summed E-state index contributed by atoms with van der Waals surface area (Å²) < 4.78 is 13.5. The van der Waals surface area contributed by atoms with Gasteiger partial charge in [0.2, 0.25) is 0 Å². The van der Waals surface area contributed by atoms with Crippen molar-refractivity contribution in [2.75, 3.05) is 26.2 Å². The summed E-state index contributed by atoms with van der Waals surface area (Å²) in [4.78, 5) is 2.32. The van der Waals surface area contributed by atoms with Crippen molar-refractivity contribution < 1.29 is 4.39 Å². The molecule has 0 radical (unpaired) electrons. The van der Waals surface area contributed by atoms with Crippen LogP contribution in [-0.4, -0.2) is 31.1 Å². The van der Waals surface area contributed by atoms with E-state index in [9.17, 15) is 4.39 Å². The summed E-state index contributed by atoms with van der Waals surface area (Å²) in [5.74, 6) is -0.432. The summed E-state index contributed by atoms with van der Waals surface area (Å²) in [7, 11) is 0. The van der Waals surface area contributed by atoms with E-state index in [4.69, 9.17) is 23.2 Å². The molecule has 1 aromatic carbocycles. The highest BCUT2D eigenvalue weighted by Gasteiger charge is 2.13. The first-order valence-electron chi connectivity index (χ1n) is 6.59. The Morgan fingerprint density at radius 1 is 1.21 bits per heavy atom. The molecule has 5 heteroatoms. The van der Waals surface area contributed by atoms with Crippen LogP contribution in [0.4, 0.5) is 4.39 Å². The Bertz CT molecular complexity index is 409. The molecule has 1 atom stereocenters. The first kappa shape index (κ1) is 16.7. The number of benzene rings is 1. The maximum absolute atomic E-state index is 13.5. The predicted octanol–water partition coefficient (Wildman–Crippen LogP) is 4.12. The van der Waals surface area contributed by atoms with Gasteiger partial charge in [0, 0.05) is 24.2 Å². The summed E-state index contributed by atoms with van der Waals surface area (Å²) in [6, 6.07) is 2.85. The Balaban J connectivity index is 2.58. The SMILES string of the molecule is CCN(CC)CCNC(C)c1cc(F)c(Cl)cc1Cl. The van der Waals surface area contributed by atoms with Crippen molar-refractivity contribution in [3.63, 3.8) is 0 Å². The van der Waals surface area contributed by atoms with Gasteiger partial charge in [-0.15, -0.1) is 0 Å². The Kier molecular flexibility index (Phi) is 7.08. The fourth-order valence-corrected chi connectivity index (χ4v) is 2.51. The molecule has 0 amide bonds. The second kappa shape index (κ2) is 8.05. The van der Waals surface area contributed by atoms with Gasteiger partial charge in [0.25, 0.3) is 0 Å². The molecule has 1 aromatic rings. The average molecular weight is 307 g/mol. The van der Waals surface area contributed by atoms with Gasteiger partial charge in [-0.2, -0.15) is 0 Å². The summed E-state index contributed by atoms with van der Waals surface area (Å²) in [5, 5.41) is 3.90. The molecule has 0 aliphatic carbocycles. The van der Waals surface area contributed by atoms with Gasteiger partial charge in [-0.25, -0.2) is 4.39 Å². The van der Waals surface area contributed by atoms with E-state index in [0.717, 1.165) is 31.7 Å². The van der Waals surface area contributed by atoms with E-state index in [1.165, 1.54) is 12.1 Å². The number of hydrogen-bond donors (Lipinski definition) is 1. The monoisotopic (exact) mass is 306 g/mol. The minimum atomic E-state index is -0.432. The molecule has 0 bridgehead atoms. The van der Waals surface area contributed by atoms with E-state index in [1.807, 2.05) is 6.92 Å². The van der Waals surface area contributed by atoms with Crippen LogP contribution in [0.15, 0.2) is 12.1 Å². The Hall–Kier alpha value is -0.350. The number of rotatable bonds is 7. The molecule has 0 heterocycles. The molecule has 0 aromatic heterocycles. The fraction of sp³-hybridized carbons (Fsp3) is 0.571. The predicted molar refractivity (Wildman–Crippen MR) is 80.6 cm³/mol. The third-order valence-corrected chi connectivity index (χ3v) is 3.90. The molecular formula is C14H21Cl2FN2. The van der Waals surface area contributed by atoms with Crippen molar-refractivity contribution in [3.8, 4) is 0 Å². The molecule has 19 heavy (non-hydrogen) atoms. The van der Waals surface area contributed by atoms with E-state index < -0.39 is 5.82 Å². The highest BCUT2D eigenvalue weighted by molar-refractivity contribution is 6.35. The van der Waals surface area contributed by atoms with Crippen molar-refractivity contribution >= 4 is 23.2 Å². The second-order valence-electron chi connectivity index (χ2n) is 4.49.